The molecule has 1 fully saturated rings. The van der Waals surface area contributed by atoms with Crippen LogP contribution in [0.1, 0.15) is 74.5 Å². The number of amides is 1. The number of imidazole rings is 1. The second-order valence-corrected chi connectivity index (χ2v) is 8.11. The number of carbonyl (C=O) groups excluding carboxylic acids is 1. The van der Waals surface area contributed by atoms with Gasteiger partial charge in [-0.2, -0.15) is 0 Å². The number of nitrogens with zero attached hydrogens (tertiary/aromatic N) is 3. The number of nitrogens with one attached hydrogen (secondary N) is 1. The van der Waals surface area contributed by atoms with Crippen molar-refractivity contribution in [3.05, 3.63) is 64.5 Å². The molecule has 3 heterocycles. The van der Waals surface area contributed by atoms with Crippen molar-refractivity contribution in [2.24, 2.45) is 5.92 Å². The predicted octanol–water partition coefficient (Wildman–Crippen LogP) is 4.62. The zero-order valence-corrected chi connectivity index (χ0v) is 17.3. The minimum atomic E-state index is -0.290. The highest BCUT2D eigenvalue weighted by molar-refractivity contribution is 6.04. The second kappa shape index (κ2) is 7.85. The van der Waals surface area contributed by atoms with E-state index in [0.29, 0.717) is 23.1 Å². The van der Waals surface area contributed by atoms with Gasteiger partial charge >= 0.3 is 0 Å². The molecule has 29 heavy (non-hydrogen) atoms. The molecular weight excluding hydrogens is 364 g/mol. The van der Waals surface area contributed by atoms with E-state index in [-0.39, 0.29) is 17.5 Å². The lowest BCUT2D eigenvalue weighted by molar-refractivity contribution is 0.102. The Labute approximate surface area is 170 Å². The van der Waals surface area contributed by atoms with Crippen LogP contribution in [-0.2, 0) is 0 Å². The van der Waals surface area contributed by atoms with Gasteiger partial charge < -0.3 is 14.3 Å². The predicted molar refractivity (Wildman–Crippen MR) is 115 cm³/mol. The monoisotopic (exact) mass is 392 g/mol. The lowest BCUT2D eigenvalue weighted by atomic mass is 9.98. The van der Waals surface area contributed by atoms with Crippen LogP contribution in [0.3, 0.4) is 0 Å². The van der Waals surface area contributed by atoms with Gasteiger partial charge in [0.2, 0.25) is 0 Å². The highest BCUT2D eigenvalue weighted by Gasteiger charge is 2.35. The van der Waals surface area contributed by atoms with Crippen LogP contribution in [0.5, 0.6) is 0 Å². The summed E-state index contributed by atoms with van der Waals surface area (Å²) in [5.74, 6) is 0.655. The van der Waals surface area contributed by atoms with Crippen LogP contribution < -0.4 is 10.9 Å². The van der Waals surface area contributed by atoms with E-state index in [2.05, 4.69) is 26.1 Å². The first-order valence-corrected chi connectivity index (χ1v) is 10.5. The first kappa shape index (κ1) is 19.4. The van der Waals surface area contributed by atoms with Crippen molar-refractivity contribution in [2.45, 2.75) is 58.4 Å². The Kier molecular flexibility index (Phi) is 5.26. The highest BCUT2D eigenvalue weighted by atomic mass is 16.2. The summed E-state index contributed by atoms with van der Waals surface area (Å²) in [6.45, 7) is 6.49. The Bertz CT molecular complexity index is 1100. The average molecular weight is 393 g/mol. The fraction of sp³-hybridized carbons (Fsp3) is 0.435. The van der Waals surface area contributed by atoms with Gasteiger partial charge in [0.25, 0.3) is 11.5 Å². The maximum Gasteiger partial charge on any atom is 0.274 e. The van der Waals surface area contributed by atoms with Gasteiger partial charge in [-0.25, -0.2) is 4.98 Å². The van der Waals surface area contributed by atoms with E-state index in [1.54, 1.807) is 29.1 Å². The van der Waals surface area contributed by atoms with Crippen molar-refractivity contribution in [1.29, 1.82) is 0 Å². The molecule has 152 valence electrons. The van der Waals surface area contributed by atoms with E-state index in [1.165, 1.54) is 0 Å². The molecule has 1 aliphatic carbocycles. The topological polar surface area (TPSA) is 68.4 Å². The zero-order valence-electron chi connectivity index (χ0n) is 17.3. The fourth-order valence-electron chi connectivity index (χ4n) is 4.00. The Hall–Kier alpha value is -2.89. The Morgan fingerprint density at radius 2 is 2.07 bits per heavy atom. The third kappa shape index (κ3) is 3.84. The molecule has 1 unspecified atom stereocenters. The van der Waals surface area contributed by atoms with Gasteiger partial charge in [-0.1, -0.05) is 27.2 Å². The maximum absolute atomic E-state index is 12.8. The second-order valence-electron chi connectivity index (χ2n) is 8.11. The number of pyridine rings is 2. The van der Waals surface area contributed by atoms with Crippen molar-refractivity contribution in [2.75, 3.05) is 5.32 Å². The van der Waals surface area contributed by atoms with E-state index in [9.17, 15) is 9.59 Å². The summed E-state index contributed by atoms with van der Waals surface area (Å²) < 4.78 is 3.63. The molecule has 3 aromatic heterocycles. The van der Waals surface area contributed by atoms with Gasteiger partial charge in [0.1, 0.15) is 11.3 Å². The number of hydrogen-bond donors (Lipinski definition) is 1. The normalized spacial score (nSPS) is 19.3. The Balaban J connectivity index is 1.57. The van der Waals surface area contributed by atoms with Crippen LogP contribution in [0.2, 0.25) is 0 Å². The van der Waals surface area contributed by atoms with Gasteiger partial charge in [0, 0.05) is 30.6 Å². The summed E-state index contributed by atoms with van der Waals surface area (Å²) >= 11 is 0. The first-order chi connectivity index (χ1) is 14.0. The summed E-state index contributed by atoms with van der Waals surface area (Å²) in [7, 11) is 0. The van der Waals surface area contributed by atoms with Crippen LogP contribution in [0, 0.1) is 5.92 Å². The molecular formula is C23H28N4O2. The largest absolute Gasteiger partial charge is 0.317 e. The molecule has 1 amide bonds. The molecule has 1 saturated carbocycles. The first-order valence-electron chi connectivity index (χ1n) is 10.5. The highest BCUT2D eigenvalue weighted by Crippen LogP contribution is 2.41. The molecule has 0 aliphatic heterocycles. The van der Waals surface area contributed by atoms with E-state index < -0.39 is 0 Å². The molecule has 0 bridgehead atoms. The van der Waals surface area contributed by atoms with Gasteiger partial charge in [0.15, 0.2) is 0 Å². The number of aromatic nitrogens is 3. The molecule has 3 aromatic rings. The molecule has 0 radical (unpaired) electrons. The van der Waals surface area contributed by atoms with Crippen LogP contribution in [0.4, 0.5) is 5.69 Å². The molecule has 0 spiro atoms. The van der Waals surface area contributed by atoms with Crippen LogP contribution in [0.25, 0.3) is 5.65 Å². The van der Waals surface area contributed by atoms with Crippen molar-refractivity contribution in [1.82, 2.24) is 14.0 Å². The van der Waals surface area contributed by atoms with Crippen molar-refractivity contribution in [3.63, 3.8) is 0 Å². The molecule has 1 aliphatic rings. The number of fused-ring (bicyclic) bond motifs is 1. The summed E-state index contributed by atoms with van der Waals surface area (Å²) in [5, 5.41) is 2.78. The standard InChI is InChI=1S/C23H28N4O2/c1-4-7-16(5-2)19-14-26-13-17(9-10-21(26)24-19)22(28)25-18-8-6-11-27(23(18)29)20-12-15(20)3/h6,8-11,13-16,20H,4-5,7,12H2,1-3H3,(H,25,28)/t15-,16?,20-/m1/s1. The van der Waals surface area contributed by atoms with Crippen molar-refractivity contribution >= 4 is 17.2 Å². The average Bonchev–Trinajstić information content (AvgIpc) is 3.28. The molecule has 1 N–H and O–H groups in total. The van der Waals surface area contributed by atoms with Crippen molar-refractivity contribution in [3.8, 4) is 0 Å². The third-order valence-electron chi connectivity index (χ3n) is 5.93. The molecule has 3 atom stereocenters. The number of anilines is 1. The molecule has 0 aromatic carbocycles. The molecule has 6 heteroatoms. The van der Waals surface area contributed by atoms with Gasteiger partial charge in [0.05, 0.1) is 11.3 Å². The fourth-order valence-corrected chi connectivity index (χ4v) is 4.00. The number of carbonyl (C=O) groups is 1. The number of hydrogen-bond acceptors (Lipinski definition) is 3. The minimum Gasteiger partial charge on any atom is -0.317 e. The summed E-state index contributed by atoms with van der Waals surface area (Å²) in [5.41, 5.74) is 2.57. The van der Waals surface area contributed by atoms with E-state index in [1.807, 2.05) is 22.7 Å². The van der Waals surface area contributed by atoms with Crippen molar-refractivity contribution < 1.29 is 4.79 Å². The van der Waals surface area contributed by atoms with Gasteiger partial charge in [-0.05, 0) is 49.4 Å². The third-order valence-corrected chi connectivity index (χ3v) is 5.93. The SMILES string of the molecule is CCCC(CC)c1cn2cc(C(=O)Nc3cccn([C@@H]4C[C@H]4C)c3=O)ccc2n1. The molecule has 4 rings (SSSR count). The minimum absolute atomic E-state index is 0.147. The molecule has 0 saturated heterocycles. The lowest BCUT2D eigenvalue weighted by Gasteiger charge is -2.09. The van der Waals surface area contributed by atoms with Crippen LogP contribution in [-0.4, -0.2) is 19.9 Å². The number of rotatable bonds is 7. The Morgan fingerprint density at radius 1 is 1.28 bits per heavy atom. The van der Waals surface area contributed by atoms with Gasteiger partial charge in [-0.15, -0.1) is 0 Å². The zero-order chi connectivity index (χ0) is 20.5. The van der Waals surface area contributed by atoms with E-state index in [4.69, 9.17) is 4.98 Å². The summed E-state index contributed by atoms with van der Waals surface area (Å²) in [6, 6.07) is 7.33. The van der Waals surface area contributed by atoms with E-state index in [0.717, 1.165) is 37.0 Å². The van der Waals surface area contributed by atoms with Crippen LogP contribution in [0.15, 0.2) is 47.7 Å². The summed E-state index contributed by atoms with van der Waals surface area (Å²) in [4.78, 5) is 30.2. The summed E-state index contributed by atoms with van der Waals surface area (Å²) in [6.07, 6.45) is 9.87. The van der Waals surface area contributed by atoms with Gasteiger partial charge in [-0.3, -0.25) is 9.59 Å². The quantitative estimate of drug-likeness (QED) is 0.638. The lowest BCUT2D eigenvalue weighted by Crippen LogP contribution is -2.25. The van der Waals surface area contributed by atoms with E-state index >= 15 is 0 Å². The maximum atomic E-state index is 12.8. The smallest absolute Gasteiger partial charge is 0.274 e. The Morgan fingerprint density at radius 3 is 2.76 bits per heavy atom. The van der Waals surface area contributed by atoms with Crippen LogP contribution >= 0.6 is 0 Å². The molecule has 6 nitrogen and oxygen atoms in total.